The van der Waals surface area contributed by atoms with Crippen molar-refractivity contribution in [2.75, 3.05) is 11.8 Å². The molecule has 4 saturated carbocycles. The molecule has 4 bridgehead atoms. The smallest absolute Gasteiger partial charge is 0.262 e. The Labute approximate surface area is 182 Å². The maximum Gasteiger partial charge on any atom is 0.262 e. The number of amides is 1. The first-order valence-electron chi connectivity index (χ1n) is 10.8. The van der Waals surface area contributed by atoms with Gasteiger partial charge in [0.1, 0.15) is 10.6 Å². The van der Waals surface area contributed by atoms with Crippen LogP contribution in [0.15, 0.2) is 47.6 Å². The highest BCUT2D eigenvalue weighted by Crippen LogP contribution is 2.53. The molecule has 4 fully saturated rings. The van der Waals surface area contributed by atoms with Gasteiger partial charge in [0.2, 0.25) is 0 Å². The Kier molecular flexibility index (Phi) is 5.12. The normalized spacial score (nSPS) is 28.9. The molecule has 8 heteroatoms. The Morgan fingerprint density at radius 2 is 1.71 bits per heavy atom. The van der Waals surface area contributed by atoms with Crippen molar-refractivity contribution in [3.05, 3.63) is 48.3 Å². The van der Waals surface area contributed by atoms with Crippen LogP contribution >= 0.6 is 0 Å². The lowest BCUT2D eigenvalue weighted by molar-refractivity contribution is -0.0120. The molecular weight excluding hydrogens is 414 g/mol. The number of aromatic nitrogens is 1. The lowest BCUT2D eigenvalue weighted by Gasteiger charge is -2.54. The van der Waals surface area contributed by atoms with Crippen molar-refractivity contribution in [1.29, 1.82) is 0 Å². The van der Waals surface area contributed by atoms with Crippen molar-refractivity contribution < 1.29 is 17.9 Å². The molecule has 164 valence electrons. The number of carbonyl (C=O) groups excluding carboxylic acids is 1. The van der Waals surface area contributed by atoms with Crippen molar-refractivity contribution in [3.63, 3.8) is 0 Å². The van der Waals surface area contributed by atoms with E-state index in [1.807, 2.05) is 0 Å². The number of ether oxygens (including phenoxy) is 1. The Balaban J connectivity index is 1.38. The number of carbonyl (C=O) groups is 1. The molecule has 2 aromatic rings. The molecule has 0 atom stereocenters. The molecule has 1 amide bonds. The second-order valence-electron chi connectivity index (χ2n) is 9.15. The van der Waals surface area contributed by atoms with E-state index in [1.54, 1.807) is 24.3 Å². The Bertz CT molecular complexity index is 1070. The van der Waals surface area contributed by atoms with Crippen LogP contribution in [0, 0.1) is 23.7 Å². The zero-order valence-corrected chi connectivity index (χ0v) is 18.3. The second kappa shape index (κ2) is 7.82. The van der Waals surface area contributed by atoms with Crippen LogP contribution in [0.1, 0.15) is 42.5 Å². The van der Waals surface area contributed by atoms with E-state index >= 15 is 0 Å². The standard InChI is InChI=1S/C23H27N3O4S/c1-30-19-11-18(12-24-13-19)26-31(28,29)21-5-3-2-4-20(21)23(27)25-22-16-7-14-6-15(9-16)10-17(22)8-14/h2-5,11-17,22,26H,6-10H2,1H3,(H,25,27). The SMILES string of the molecule is COc1cncc(NS(=O)(=O)c2ccccc2C(=O)NC2C3CC4CC(C3)CC2C4)c1. The second-order valence-corrected chi connectivity index (χ2v) is 10.8. The molecule has 1 aromatic heterocycles. The summed E-state index contributed by atoms with van der Waals surface area (Å²) >= 11 is 0. The Morgan fingerprint density at radius 1 is 1.03 bits per heavy atom. The average molecular weight is 442 g/mol. The molecule has 7 nitrogen and oxygen atoms in total. The summed E-state index contributed by atoms with van der Waals surface area (Å²) in [6.07, 6.45) is 8.97. The summed E-state index contributed by atoms with van der Waals surface area (Å²) in [7, 11) is -2.50. The topological polar surface area (TPSA) is 97.4 Å². The van der Waals surface area contributed by atoms with Gasteiger partial charge in [-0.2, -0.15) is 0 Å². The predicted molar refractivity (Wildman–Crippen MR) is 116 cm³/mol. The zero-order chi connectivity index (χ0) is 21.6. The number of pyridine rings is 1. The first-order valence-corrected chi connectivity index (χ1v) is 12.3. The molecule has 0 saturated heterocycles. The van der Waals surface area contributed by atoms with Gasteiger partial charge in [-0.3, -0.25) is 14.5 Å². The number of nitrogens with one attached hydrogen (secondary N) is 2. The fourth-order valence-electron chi connectivity index (χ4n) is 6.07. The van der Waals surface area contributed by atoms with Gasteiger partial charge in [-0.25, -0.2) is 8.42 Å². The summed E-state index contributed by atoms with van der Waals surface area (Å²) in [6.45, 7) is 0. The van der Waals surface area contributed by atoms with Crippen LogP contribution in [0.25, 0.3) is 0 Å². The van der Waals surface area contributed by atoms with Crippen molar-refractivity contribution in [2.45, 2.75) is 43.0 Å². The van der Waals surface area contributed by atoms with E-state index in [9.17, 15) is 13.2 Å². The molecule has 31 heavy (non-hydrogen) atoms. The first-order chi connectivity index (χ1) is 14.9. The van der Waals surface area contributed by atoms with Crippen molar-refractivity contribution in [1.82, 2.24) is 10.3 Å². The molecule has 1 aromatic carbocycles. The van der Waals surface area contributed by atoms with Gasteiger partial charge in [0.25, 0.3) is 15.9 Å². The van der Waals surface area contributed by atoms with Gasteiger partial charge >= 0.3 is 0 Å². The number of benzene rings is 1. The van der Waals surface area contributed by atoms with Gasteiger partial charge in [-0.05, 0) is 67.9 Å². The fraction of sp³-hybridized carbons (Fsp3) is 0.478. The quantitative estimate of drug-likeness (QED) is 0.716. The maximum atomic E-state index is 13.2. The molecule has 1 heterocycles. The van der Waals surface area contributed by atoms with Gasteiger partial charge in [0, 0.05) is 12.1 Å². The number of hydrogen-bond acceptors (Lipinski definition) is 5. The van der Waals surface area contributed by atoms with E-state index in [0.29, 0.717) is 17.6 Å². The van der Waals surface area contributed by atoms with Crippen LogP contribution < -0.4 is 14.8 Å². The summed E-state index contributed by atoms with van der Waals surface area (Å²) in [5, 5.41) is 3.21. The van der Waals surface area contributed by atoms with Crippen molar-refractivity contribution in [2.24, 2.45) is 23.7 Å². The molecule has 6 rings (SSSR count). The third kappa shape index (κ3) is 3.89. The summed E-state index contributed by atoms with van der Waals surface area (Å²) in [4.78, 5) is 17.2. The van der Waals surface area contributed by atoms with Crippen LogP contribution in [0.2, 0.25) is 0 Å². The van der Waals surface area contributed by atoms with Crippen LogP contribution in [0.3, 0.4) is 0 Å². The van der Waals surface area contributed by atoms with Gasteiger partial charge in [0.05, 0.1) is 30.8 Å². The molecule has 4 aliphatic rings. The predicted octanol–water partition coefficient (Wildman–Crippen LogP) is 3.45. The highest BCUT2D eigenvalue weighted by Gasteiger charge is 2.48. The minimum Gasteiger partial charge on any atom is -0.495 e. The molecule has 0 unspecified atom stereocenters. The van der Waals surface area contributed by atoms with Crippen molar-refractivity contribution in [3.8, 4) is 5.75 Å². The zero-order valence-electron chi connectivity index (χ0n) is 17.5. The van der Waals surface area contributed by atoms with E-state index in [-0.39, 0.29) is 28.1 Å². The average Bonchev–Trinajstić information content (AvgIpc) is 2.75. The van der Waals surface area contributed by atoms with Crippen LogP contribution in [0.5, 0.6) is 5.75 Å². The van der Waals surface area contributed by atoms with Crippen molar-refractivity contribution >= 4 is 21.6 Å². The van der Waals surface area contributed by atoms with Gasteiger partial charge in [0.15, 0.2) is 0 Å². The largest absolute Gasteiger partial charge is 0.495 e. The minimum atomic E-state index is -3.98. The Hall–Kier alpha value is -2.61. The molecule has 0 aliphatic heterocycles. The van der Waals surface area contributed by atoms with Crippen LogP contribution in [-0.4, -0.2) is 32.5 Å². The van der Waals surface area contributed by atoms with E-state index in [2.05, 4.69) is 15.0 Å². The highest BCUT2D eigenvalue weighted by molar-refractivity contribution is 7.92. The highest BCUT2D eigenvalue weighted by atomic mass is 32.2. The van der Waals surface area contributed by atoms with E-state index in [1.165, 1.54) is 57.7 Å². The summed E-state index contributed by atoms with van der Waals surface area (Å²) in [6, 6.07) is 8.04. The third-order valence-electron chi connectivity index (χ3n) is 7.15. The number of anilines is 1. The van der Waals surface area contributed by atoms with Gasteiger partial charge in [-0.15, -0.1) is 0 Å². The van der Waals surface area contributed by atoms with Crippen LogP contribution in [-0.2, 0) is 10.0 Å². The molecule has 0 spiro atoms. The fourth-order valence-corrected chi connectivity index (χ4v) is 7.31. The Morgan fingerprint density at radius 3 is 2.39 bits per heavy atom. The van der Waals surface area contributed by atoms with E-state index in [0.717, 1.165) is 11.8 Å². The van der Waals surface area contributed by atoms with E-state index in [4.69, 9.17) is 4.74 Å². The third-order valence-corrected chi connectivity index (χ3v) is 8.59. The summed E-state index contributed by atoms with van der Waals surface area (Å²) in [5.74, 6) is 2.78. The molecular formula is C23H27N3O4S. The maximum absolute atomic E-state index is 13.2. The molecule has 0 radical (unpaired) electrons. The molecule has 2 N–H and O–H groups in total. The lowest BCUT2D eigenvalue weighted by Crippen LogP contribution is -2.55. The number of hydrogen-bond donors (Lipinski definition) is 2. The minimum absolute atomic E-state index is 0.0425. The monoisotopic (exact) mass is 441 g/mol. The van der Waals surface area contributed by atoms with Gasteiger partial charge in [-0.1, -0.05) is 12.1 Å². The first kappa shape index (κ1) is 20.3. The summed E-state index contributed by atoms with van der Waals surface area (Å²) in [5.41, 5.74) is 0.440. The lowest BCUT2D eigenvalue weighted by atomic mass is 9.54. The van der Waals surface area contributed by atoms with E-state index < -0.39 is 10.0 Å². The number of sulfonamides is 1. The van der Waals surface area contributed by atoms with Gasteiger partial charge < -0.3 is 10.1 Å². The number of rotatable bonds is 6. The summed E-state index contributed by atoms with van der Waals surface area (Å²) < 4.78 is 33.8. The number of methoxy groups -OCH3 is 1. The number of nitrogens with zero attached hydrogens (tertiary/aromatic N) is 1. The van der Waals surface area contributed by atoms with Crippen LogP contribution in [0.4, 0.5) is 5.69 Å². The molecule has 4 aliphatic carbocycles.